The lowest BCUT2D eigenvalue weighted by atomic mass is 9.85. The molecule has 6 heteroatoms. The van der Waals surface area contributed by atoms with Crippen molar-refractivity contribution >= 4 is 5.91 Å². The summed E-state index contributed by atoms with van der Waals surface area (Å²) in [5.41, 5.74) is 0. The number of halogens is 3. The summed E-state index contributed by atoms with van der Waals surface area (Å²) in [6.45, 7) is 1.00. The van der Waals surface area contributed by atoms with E-state index in [1.807, 2.05) is 0 Å². The molecule has 3 atom stereocenters. The van der Waals surface area contributed by atoms with E-state index in [0.29, 0.717) is 25.3 Å². The standard InChI is InChI=1S/C15H25F3N2O/c16-15(17,18)11-4-3-6-13(10-11)20-14(21)8-7-12-5-1-2-9-19-12/h11-13,19H,1-10H2,(H,20,21). The van der Waals surface area contributed by atoms with E-state index in [1.165, 1.54) is 12.8 Å². The molecule has 0 radical (unpaired) electrons. The fourth-order valence-corrected chi connectivity index (χ4v) is 3.39. The van der Waals surface area contributed by atoms with Crippen LogP contribution in [0.5, 0.6) is 0 Å². The Balaban J connectivity index is 1.69. The number of nitrogens with one attached hydrogen (secondary N) is 2. The van der Waals surface area contributed by atoms with E-state index in [0.717, 1.165) is 19.4 Å². The highest BCUT2D eigenvalue weighted by molar-refractivity contribution is 5.76. The Morgan fingerprint density at radius 1 is 1.14 bits per heavy atom. The van der Waals surface area contributed by atoms with Gasteiger partial charge in [-0.05, 0) is 45.1 Å². The second kappa shape index (κ2) is 7.47. The number of hydrogen-bond acceptors (Lipinski definition) is 2. The number of alkyl halides is 3. The predicted molar refractivity (Wildman–Crippen MR) is 74.8 cm³/mol. The van der Waals surface area contributed by atoms with Crippen LogP contribution in [0, 0.1) is 5.92 Å². The highest BCUT2D eigenvalue weighted by atomic mass is 19.4. The van der Waals surface area contributed by atoms with Crippen LogP contribution in [0.15, 0.2) is 0 Å². The zero-order valence-electron chi connectivity index (χ0n) is 12.3. The Labute approximate surface area is 124 Å². The minimum atomic E-state index is -4.13. The molecule has 21 heavy (non-hydrogen) atoms. The lowest BCUT2D eigenvalue weighted by Gasteiger charge is -2.31. The van der Waals surface area contributed by atoms with Crippen molar-refractivity contribution in [3.8, 4) is 0 Å². The van der Waals surface area contributed by atoms with Crippen molar-refractivity contribution in [3.63, 3.8) is 0 Å². The van der Waals surface area contributed by atoms with Gasteiger partial charge >= 0.3 is 6.18 Å². The average Bonchev–Trinajstić information content (AvgIpc) is 2.46. The maximum absolute atomic E-state index is 12.7. The molecule has 1 saturated carbocycles. The van der Waals surface area contributed by atoms with Gasteiger partial charge in [-0.25, -0.2) is 0 Å². The third-order valence-corrected chi connectivity index (χ3v) is 4.63. The molecule has 1 aliphatic carbocycles. The predicted octanol–water partition coefficient (Wildman–Crippen LogP) is 3.15. The third kappa shape index (κ3) is 5.49. The van der Waals surface area contributed by atoms with Gasteiger partial charge in [0.15, 0.2) is 0 Å². The third-order valence-electron chi connectivity index (χ3n) is 4.63. The zero-order valence-corrected chi connectivity index (χ0v) is 12.3. The molecule has 0 bridgehead atoms. The molecule has 1 saturated heterocycles. The van der Waals surface area contributed by atoms with Crippen LogP contribution in [0.3, 0.4) is 0 Å². The van der Waals surface area contributed by atoms with Crippen LogP contribution in [0.4, 0.5) is 13.2 Å². The van der Waals surface area contributed by atoms with E-state index < -0.39 is 12.1 Å². The number of carbonyl (C=O) groups excluding carboxylic acids is 1. The molecule has 2 fully saturated rings. The smallest absolute Gasteiger partial charge is 0.353 e. The fourth-order valence-electron chi connectivity index (χ4n) is 3.39. The molecule has 3 nitrogen and oxygen atoms in total. The quantitative estimate of drug-likeness (QED) is 0.838. The Kier molecular flexibility index (Phi) is 5.90. The van der Waals surface area contributed by atoms with Gasteiger partial charge in [-0.2, -0.15) is 13.2 Å². The number of carbonyl (C=O) groups is 1. The number of piperidine rings is 1. The van der Waals surface area contributed by atoms with Gasteiger partial charge in [-0.3, -0.25) is 4.79 Å². The minimum Gasteiger partial charge on any atom is -0.353 e. The monoisotopic (exact) mass is 306 g/mol. The minimum absolute atomic E-state index is 0.0386. The first-order valence-electron chi connectivity index (χ1n) is 8.04. The van der Waals surface area contributed by atoms with Gasteiger partial charge in [0.25, 0.3) is 0 Å². The number of amides is 1. The van der Waals surface area contributed by atoms with Gasteiger partial charge < -0.3 is 10.6 Å². The van der Waals surface area contributed by atoms with Gasteiger partial charge in [-0.15, -0.1) is 0 Å². The van der Waals surface area contributed by atoms with E-state index in [2.05, 4.69) is 10.6 Å². The molecule has 0 aromatic rings. The van der Waals surface area contributed by atoms with Crippen LogP contribution in [-0.4, -0.2) is 30.7 Å². The molecule has 1 amide bonds. The first-order valence-corrected chi connectivity index (χ1v) is 8.04. The van der Waals surface area contributed by atoms with E-state index in [4.69, 9.17) is 0 Å². The SMILES string of the molecule is O=C(CCC1CCCCN1)NC1CCCC(C(F)(F)F)C1. The largest absolute Gasteiger partial charge is 0.391 e. The molecule has 1 aliphatic heterocycles. The molecule has 2 rings (SSSR count). The van der Waals surface area contributed by atoms with Crippen molar-refractivity contribution in [2.24, 2.45) is 5.92 Å². The highest BCUT2D eigenvalue weighted by Gasteiger charge is 2.42. The van der Waals surface area contributed by atoms with Crippen molar-refractivity contribution in [1.82, 2.24) is 10.6 Å². The Bertz CT molecular complexity index is 340. The van der Waals surface area contributed by atoms with Crippen LogP contribution in [0.25, 0.3) is 0 Å². The molecule has 3 unspecified atom stereocenters. The normalized spacial score (nSPS) is 30.9. The molecular formula is C15H25F3N2O. The number of rotatable bonds is 4. The molecule has 2 aliphatic rings. The summed E-state index contributed by atoms with van der Waals surface area (Å²) in [6, 6.07) is 0.0796. The lowest BCUT2D eigenvalue weighted by Crippen LogP contribution is -2.42. The van der Waals surface area contributed by atoms with Crippen LogP contribution in [-0.2, 0) is 4.79 Å². The molecule has 1 heterocycles. The maximum atomic E-state index is 12.7. The summed E-state index contributed by atoms with van der Waals surface area (Å²) < 4.78 is 38.2. The van der Waals surface area contributed by atoms with Crippen LogP contribution >= 0.6 is 0 Å². The van der Waals surface area contributed by atoms with Crippen molar-refractivity contribution in [3.05, 3.63) is 0 Å². The molecular weight excluding hydrogens is 281 g/mol. The van der Waals surface area contributed by atoms with Gasteiger partial charge in [-0.1, -0.05) is 12.8 Å². The average molecular weight is 306 g/mol. The van der Waals surface area contributed by atoms with Crippen molar-refractivity contribution in [1.29, 1.82) is 0 Å². The molecule has 0 spiro atoms. The van der Waals surface area contributed by atoms with Crippen molar-refractivity contribution < 1.29 is 18.0 Å². The summed E-state index contributed by atoms with van der Waals surface area (Å²) >= 11 is 0. The van der Waals surface area contributed by atoms with Crippen LogP contribution in [0.1, 0.15) is 57.8 Å². The van der Waals surface area contributed by atoms with Gasteiger partial charge in [0.2, 0.25) is 5.91 Å². The first kappa shape index (κ1) is 16.6. The molecule has 122 valence electrons. The molecule has 0 aromatic carbocycles. The lowest BCUT2D eigenvalue weighted by molar-refractivity contribution is -0.184. The highest BCUT2D eigenvalue weighted by Crippen LogP contribution is 2.37. The second-order valence-electron chi connectivity index (χ2n) is 6.36. The Morgan fingerprint density at radius 2 is 1.95 bits per heavy atom. The van der Waals surface area contributed by atoms with E-state index in [-0.39, 0.29) is 24.8 Å². The number of hydrogen-bond donors (Lipinski definition) is 2. The maximum Gasteiger partial charge on any atom is 0.391 e. The van der Waals surface area contributed by atoms with Crippen LogP contribution < -0.4 is 10.6 Å². The zero-order chi connectivity index (χ0) is 15.3. The summed E-state index contributed by atoms with van der Waals surface area (Å²) in [5, 5.41) is 6.17. The van der Waals surface area contributed by atoms with Crippen LogP contribution in [0.2, 0.25) is 0 Å². The van der Waals surface area contributed by atoms with Crippen molar-refractivity contribution in [2.75, 3.05) is 6.54 Å². The Hall–Kier alpha value is -0.780. The van der Waals surface area contributed by atoms with Gasteiger partial charge in [0.1, 0.15) is 0 Å². The summed E-state index contributed by atoms with van der Waals surface area (Å²) in [5.74, 6) is -1.35. The molecule has 0 aromatic heterocycles. The molecule has 2 N–H and O–H groups in total. The topological polar surface area (TPSA) is 41.1 Å². The summed E-state index contributed by atoms with van der Waals surface area (Å²) in [4.78, 5) is 11.9. The van der Waals surface area contributed by atoms with Crippen molar-refractivity contribution in [2.45, 2.75) is 76.0 Å². The van der Waals surface area contributed by atoms with Gasteiger partial charge in [0.05, 0.1) is 5.92 Å². The van der Waals surface area contributed by atoms with E-state index in [1.54, 1.807) is 0 Å². The Morgan fingerprint density at radius 3 is 2.62 bits per heavy atom. The van der Waals surface area contributed by atoms with E-state index in [9.17, 15) is 18.0 Å². The summed E-state index contributed by atoms with van der Waals surface area (Å²) in [6.07, 6.45) is 1.96. The fraction of sp³-hybridized carbons (Fsp3) is 0.933. The summed E-state index contributed by atoms with van der Waals surface area (Å²) in [7, 11) is 0. The van der Waals surface area contributed by atoms with Gasteiger partial charge in [0, 0.05) is 18.5 Å². The first-order chi connectivity index (χ1) is 9.95. The second-order valence-corrected chi connectivity index (χ2v) is 6.36. The van der Waals surface area contributed by atoms with E-state index >= 15 is 0 Å².